The highest BCUT2D eigenvalue weighted by Crippen LogP contribution is 2.32. The average molecular weight is 323 g/mol. The van der Waals surface area contributed by atoms with Gasteiger partial charge in [-0.15, -0.1) is 0 Å². The molecule has 0 fully saturated rings. The highest BCUT2D eigenvalue weighted by molar-refractivity contribution is 7.93. The van der Waals surface area contributed by atoms with E-state index in [0.29, 0.717) is 0 Å². The number of aromatic nitrogens is 2. The number of nitrogens with one attached hydrogen (secondary N) is 1. The lowest BCUT2D eigenvalue weighted by Gasteiger charge is -2.08. The van der Waals surface area contributed by atoms with Crippen molar-refractivity contribution in [3.63, 3.8) is 0 Å². The van der Waals surface area contributed by atoms with Crippen molar-refractivity contribution in [3.05, 3.63) is 28.0 Å². The fourth-order valence-corrected chi connectivity index (χ4v) is 3.50. The Bertz CT molecular complexity index is 706. The molecule has 0 radical (unpaired) electrons. The van der Waals surface area contributed by atoms with E-state index in [9.17, 15) is 8.42 Å². The van der Waals surface area contributed by atoms with Gasteiger partial charge in [0, 0.05) is 5.69 Å². The normalized spacial score (nSPS) is 11.5. The number of halogens is 2. The zero-order valence-electron chi connectivity index (χ0n) is 9.52. The number of benzene rings is 1. The second-order valence-electron chi connectivity index (χ2n) is 3.57. The van der Waals surface area contributed by atoms with E-state index in [-0.39, 0.29) is 32.5 Å². The first kappa shape index (κ1) is 13.9. The molecule has 0 amide bonds. The summed E-state index contributed by atoms with van der Waals surface area (Å²) in [6.07, 6.45) is 0. The molecule has 1 heterocycles. The van der Waals surface area contributed by atoms with E-state index in [1.807, 2.05) is 0 Å². The van der Waals surface area contributed by atoms with E-state index in [2.05, 4.69) is 19.4 Å². The van der Waals surface area contributed by atoms with Crippen LogP contribution in [0, 0.1) is 6.92 Å². The van der Waals surface area contributed by atoms with Crippen molar-refractivity contribution in [2.24, 2.45) is 0 Å². The number of hydrogen-bond donors (Lipinski definition) is 2. The van der Waals surface area contributed by atoms with Gasteiger partial charge in [0.2, 0.25) is 0 Å². The highest BCUT2D eigenvalue weighted by Gasteiger charge is 2.24. The van der Waals surface area contributed by atoms with Crippen LogP contribution in [0.3, 0.4) is 0 Å². The van der Waals surface area contributed by atoms with Gasteiger partial charge in [-0.2, -0.15) is 4.98 Å². The van der Waals surface area contributed by atoms with Crippen LogP contribution in [0.15, 0.2) is 21.6 Å². The number of rotatable bonds is 3. The Balaban J connectivity index is 2.45. The maximum Gasteiger partial charge on any atom is 0.335 e. The van der Waals surface area contributed by atoms with Crippen LogP contribution in [-0.2, 0) is 10.0 Å². The Morgan fingerprint density at radius 3 is 2.37 bits per heavy atom. The van der Waals surface area contributed by atoms with Gasteiger partial charge in [-0.1, -0.05) is 28.4 Å². The summed E-state index contributed by atoms with van der Waals surface area (Å²) in [4.78, 5) is 3.41. The molecular weight excluding hydrogens is 315 g/mol. The Kier molecular flexibility index (Phi) is 3.57. The van der Waals surface area contributed by atoms with Crippen molar-refractivity contribution in [3.8, 4) is 0 Å². The molecule has 2 aromatic rings. The highest BCUT2D eigenvalue weighted by atomic mass is 35.5. The molecule has 0 aliphatic carbocycles. The largest absolute Gasteiger partial charge is 0.399 e. The van der Waals surface area contributed by atoms with E-state index in [1.54, 1.807) is 6.92 Å². The Hall–Kier alpha value is -1.51. The van der Waals surface area contributed by atoms with E-state index in [4.69, 9.17) is 28.9 Å². The van der Waals surface area contributed by atoms with Gasteiger partial charge in [-0.3, -0.25) is 0 Å². The molecule has 0 bridgehead atoms. The van der Waals surface area contributed by atoms with Gasteiger partial charge in [-0.25, -0.2) is 13.1 Å². The first-order valence-electron chi connectivity index (χ1n) is 4.87. The fourth-order valence-electron chi connectivity index (χ4n) is 1.34. The van der Waals surface area contributed by atoms with E-state index >= 15 is 0 Å². The number of aryl methyl sites for hydroxylation is 1. The van der Waals surface area contributed by atoms with E-state index < -0.39 is 10.0 Å². The van der Waals surface area contributed by atoms with Crippen LogP contribution in [0.4, 0.5) is 11.7 Å². The van der Waals surface area contributed by atoms with E-state index in [1.165, 1.54) is 12.1 Å². The maximum atomic E-state index is 12.1. The van der Waals surface area contributed by atoms with Crippen molar-refractivity contribution >= 4 is 44.9 Å². The summed E-state index contributed by atoms with van der Waals surface area (Å²) in [5, 5.41) is 3.25. The molecule has 0 spiro atoms. The third-order valence-electron chi connectivity index (χ3n) is 2.04. The molecule has 0 unspecified atom stereocenters. The molecule has 3 N–H and O–H groups in total. The van der Waals surface area contributed by atoms with Crippen molar-refractivity contribution in [1.29, 1.82) is 0 Å². The Morgan fingerprint density at radius 2 is 1.89 bits per heavy atom. The lowest BCUT2D eigenvalue weighted by Crippen LogP contribution is -2.14. The zero-order valence-corrected chi connectivity index (χ0v) is 11.8. The van der Waals surface area contributed by atoms with Gasteiger partial charge in [-0.05, 0) is 19.1 Å². The molecule has 0 saturated heterocycles. The summed E-state index contributed by atoms with van der Waals surface area (Å²) in [5.74, 6) is 0.284. The molecule has 0 aliphatic rings. The lowest BCUT2D eigenvalue weighted by atomic mass is 10.3. The minimum absolute atomic E-state index is 0.103. The van der Waals surface area contributed by atoms with Crippen molar-refractivity contribution in [1.82, 2.24) is 10.1 Å². The van der Waals surface area contributed by atoms with Gasteiger partial charge in [0.1, 0.15) is 4.90 Å². The van der Waals surface area contributed by atoms with Crippen molar-refractivity contribution in [2.75, 3.05) is 10.5 Å². The first-order valence-corrected chi connectivity index (χ1v) is 7.11. The SMILES string of the molecule is Cc1noc(NS(=O)(=O)c2c(Cl)cc(N)cc2Cl)n1. The van der Waals surface area contributed by atoms with Gasteiger partial charge >= 0.3 is 6.01 Å². The van der Waals surface area contributed by atoms with Gasteiger partial charge < -0.3 is 10.3 Å². The molecule has 0 atom stereocenters. The van der Waals surface area contributed by atoms with Crippen LogP contribution in [0.5, 0.6) is 0 Å². The summed E-state index contributed by atoms with van der Waals surface area (Å²) >= 11 is 11.7. The van der Waals surface area contributed by atoms with Crippen LogP contribution in [0.25, 0.3) is 0 Å². The molecule has 2 rings (SSSR count). The molecule has 19 heavy (non-hydrogen) atoms. The fraction of sp³-hybridized carbons (Fsp3) is 0.111. The van der Waals surface area contributed by atoms with Gasteiger partial charge in [0.15, 0.2) is 5.82 Å². The summed E-state index contributed by atoms with van der Waals surface area (Å²) in [6, 6.07) is 2.28. The number of sulfonamides is 1. The molecule has 0 aliphatic heterocycles. The number of nitrogen functional groups attached to an aromatic ring is 1. The number of anilines is 2. The number of hydrogen-bond acceptors (Lipinski definition) is 6. The molecular formula is C9H8Cl2N4O3S. The molecule has 1 aromatic heterocycles. The first-order chi connectivity index (χ1) is 8.79. The standard InChI is InChI=1S/C9H8Cl2N4O3S/c1-4-13-9(18-14-4)15-19(16,17)8-6(10)2-5(12)3-7(8)11/h2-3H,12H2,1H3,(H,13,14,15). The minimum Gasteiger partial charge on any atom is -0.399 e. The lowest BCUT2D eigenvalue weighted by molar-refractivity contribution is 0.429. The molecule has 7 nitrogen and oxygen atoms in total. The van der Waals surface area contributed by atoms with Crippen LogP contribution in [0.1, 0.15) is 5.82 Å². The second kappa shape index (κ2) is 4.87. The van der Waals surface area contributed by atoms with Crippen LogP contribution < -0.4 is 10.5 Å². The van der Waals surface area contributed by atoms with Crippen molar-refractivity contribution < 1.29 is 12.9 Å². The quantitative estimate of drug-likeness (QED) is 0.836. The Labute approximate surface area is 118 Å². The monoisotopic (exact) mass is 322 g/mol. The van der Waals surface area contributed by atoms with Gasteiger partial charge in [0.25, 0.3) is 10.0 Å². The summed E-state index contributed by atoms with van der Waals surface area (Å²) in [7, 11) is -4.04. The summed E-state index contributed by atoms with van der Waals surface area (Å²) in [6.45, 7) is 1.55. The molecule has 10 heteroatoms. The average Bonchev–Trinajstić information content (AvgIpc) is 2.60. The number of nitrogens with two attached hydrogens (primary N) is 1. The molecule has 0 saturated carbocycles. The van der Waals surface area contributed by atoms with Crippen molar-refractivity contribution in [2.45, 2.75) is 11.8 Å². The second-order valence-corrected chi connectivity index (χ2v) is 6.00. The van der Waals surface area contributed by atoms with Crippen LogP contribution in [-0.4, -0.2) is 18.6 Å². The minimum atomic E-state index is -4.04. The summed E-state index contributed by atoms with van der Waals surface area (Å²) < 4.78 is 31.0. The Morgan fingerprint density at radius 1 is 1.32 bits per heavy atom. The third kappa shape index (κ3) is 2.91. The maximum absolute atomic E-state index is 12.1. The predicted octanol–water partition coefficient (Wildman–Crippen LogP) is 2.07. The third-order valence-corrected chi connectivity index (χ3v) is 4.28. The van der Waals surface area contributed by atoms with Crippen LogP contribution >= 0.6 is 23.2 Å². The molecule has 1 aromatic carbocycles. The molecule has 102 valence electrons. The summed E-state index contributed by atoms with van der Waals surface area (Å²) in [5.41, 5.74) is 5.75. The van der Waals surface area contributed by atoms with Crippen LogP contribution in [0.2, 0.25) is 10.0 Å². The smallest absolute Gasteiger partial charge is 0.335 e. The van der Waals surface area contributed by atoms with E-state index in [0.717, 1.165) is 0 Å². The topological polar surface area (TPSA) is 111 Å². The number of nitrogens with zero attached hydrogens (tertiary/aromatic N) is 2. The van der Waals surface area contributed by atoms with Gasteiger partial charge in [0.05, 0.1) is 10.0 Å². The zero-order chi connectivity index (χ0) is 14.2. The predicted molar refractivity (Wildman–Crippen MR) is 70.7 cm³/mol.